The summed E-state index contributed by atoms with van der Waals surface area (Å²) in [5.74, 6) is -0.000301. The van der Waals surface area contributed by atoms with Crippen LogP contribution >= 0.6 is 0 Å². The minimum Gasteiger partial charge on any atom is -0.264 e. The van der Waals surface area contributed by atoms with Gasteiger partial charge in [-0.2, -0.15) is 8.42 Å². The highest BCUT2D eigenvalue weighted by atomic mass is 32.3. The smallest absolute Gasteiger partial charge is 0.264 e. The topological polar surface area (TPSA) is 63.6 Å². The molecule has 0 fully saturated rings. The molecular weight excluding hydrogens is 252 g/mol. The molecule has 102 valence electrons. The maximum absolute atomic E-state index is 10.6. The van der Waals surface area contributed by atoms with E-state index in [1.165, 1.54) is 0 Å². The van der Waals surface area contributed by atoms with Crippen molar-refractivity contribution in [3.63, 3.8) is 0 Å². The zero-order chi connectivity index (χ0) is 13.4. The molecule has 4 nitrogen and oxygen atoms in total. The molecule has 1 aromatic carbocycles. The highest BCUT2D eigenvalue weighted by molar-refractivity contribution is 7.80. The summed E-state index contributed by atoms with van der Waals surface area (Å²) >= 11 is 0. The van der Waals surface area contributed by atoms with Crippen molar-refractivity contribution in [3.05, 3.63) is 35.9 Å². The van der Waals surface area contributed by atoms with Gasteiger partial charge in [-0.3, -0.25) is 4.55 Å². The lowest BCUT2D eigenvalue weighted by molar-refractivity contribution is 0.244. The zero-order valence-corrected chi connectivity index (χ0v) is 11.4. The fraction of sp³-hybridized carbons (Fsp3) is 0.538. The zero-order valence-electron chi connectivity index (χ0n) is 10.6. The van der Waals surface area contributed by atoms with E-state index in [4.69, 9.17) is 4.55 Å². The molecule has 0 aliphatic rings. The fourth-order valence-corrected chi connectivity index (χ4v) is 2.22. The molecule has 5 heteroatoms. The monoisotopic (exact) mass is 272 g/mol. The van der Waals surface area contributed by atoms with Gasteiger partial charge in [0.1, 0.15) is 0 Å². The van der Waals surface area contributed by atoms with Crippen LogP contribution in [0.2, 0.25) is 0 Å². The van der Waals surface area contributed by atoms with Crippen molar-refractivity contribution < 1.29 is 17.2 Å². The van der Waals surface area contributed by atoms with Gasteiger partial charge in [-0.1, -0.05) is 56.5 Å². The third-order valence-corrected chi connectivity index (χ3v) is 3.28. The van der Waals surface area contributed by atoms with E-state index in [1.54, 1.807) is 0 Å². The second-order valence-electron chi connectivity index (χ2n) is 4.32. The van der Waals surface area contributed by atoms with Crippen LogP contribution in [0.3, 0.4) is 0 Å². The molecule has 0 radical (unpaired) electrons. The highest BCUT2D eigenvalue weighted by Crippen LogP contribution is 2.23. The first-order valence-corrected chi connectivity index (χ1v) is 7.56. The Labute approximate surface area is 109 Å². The summed E-state index contributed by atoms with van der Waals surface area (Å²) in [6.07, 6.45) is 4.09. The van der Waals surface area contributed by atoms with Gasteiger partial charge in [0.25, 0.3) is 0 Å². The van der Waals surface area contributed by atoms with Crippen LogP contribution in [0.5, 0.6) is 0 Å². The third-order valence-electron chi connectivity index (χ3n) is 2.85. The standard InChI is InChI=1S/C13H20O4S/c1-2-3-5-10-13(11-17-18(14,15)16)12-8-6-4-7-9-12/h4,6-9,13H,2-3,5,10-11H2,1H3,(H,14,15,16). The van der Waals surface area contributed by atoms with E-state index in [-0.39, 0.29) is 12.5 Å². The highest BCUT2D eigenvalue weighted by Gasteiger charge is 2.15. The van der Waals surface area contributed by atoms with Crippen molar-refractivity contribution >= 4 is 10.4 Å². The summed E-state index contributed by atoms with van der Waals surface area (Å²) in [5, 5.41) is 0. The Morgan fingerprint density at radius 3 is 2.44 bits per heavy atom. The Morgan fingerprint density at radius 2 is 1.89 bits per heavy atom. The van der Waals surface area contributed by atoms with Gasteiger partial charge < -0.3 is 0 Å². The molecule has 0 bridgehead atoms. The van der Waals surface area contributed by atoms with Crippen molar-refractivity contribution in [2.75, 3.05) is 6.61 Å². The molecule has 18 heavy (non-hydrogen) atoms. The van der Waals surface area contributed by atoms with Crippen molar-refractivity contribution in [2.45, 2.75) is 38.5 Å². The van der Waals surface area contributed by atoms with E-state index in [0.717, 1.165) is 31.2 Å². The molecular formula is C13H20O4S. The minimum absolute atomic E-state index is 0.000301. The fourth-order valence-electron chi connectivity index (χ4n) is 1.88. The molecule has 0 aliphatic heterocycles. The lowest BCUT2D eigenvalue weighted by Gasteiger charge is -2.16. The van der Waals surface area contributed by atoms with E-state index in [9.17, 15) is 8.42 Å². The van der Waals surface area contributed by atoms with Crippen LogP contribution in [0.15, 0.2) is 30.3 Å². The summed E-state index contributed by atoms with van der Waals surface area (Å²) in [7, 11) is -4.36. The SMILES string of the molecule is CCCCCC(COS(=O)(=O)O)c1ccccc1. The van der Waals surface area contributed by atoms with Crippen molar-refractivity contribution in [1.82, 2.24) is 0 Å². The van der Waals surface area contributed by atoms with Gasteiger partial charge in [0.15, 0.2) is 0 Å². The van der Waals surface area contributed by atoms with E-state index in [1.807, 2.05) is 30.3 Å². The van der Waals surface area contributed by atoms with Gasteiger partial charge in [0.2, 0.25) is 0 Å². The van der Waals surface area contributed by atoms with Crippen molar-refractivity contribution in [3.8, 4) is 0 Å². The van der Waals surface area contributed by atoms with Crippen LogP contribution in [0.25, 0.3) is 0 Å². The van der Waals surface area contributed by atoms with Crippen LogP contribution in [0.4, 0.5) is 0 Å². The van der Waals surface area contributed by atoms with Crippen LogP contribution in [-0.2, 0) is 14.6 Å². The summed E-state index contributed by atoms with van der Waals surface area (Å²) in [5.41, 5.74) is 1.04. The summed E-state index contributed by atoms with van der Waals surface area (Å²) in [6, 6.07) is 9.63. The van der Waals surface area contributed by atoms with Gasteiger partial charge in [0, 0.05) is 5.92 Å². The first-order valence-electron chi connectivity index (χ1n) is 6.19. The quantitative estimate of drug-likeness (QED) is 0.583. The normalized spacial score (nSPS) is 13.4. The summed E-state index contributed by atoms with van der Waals surface area (Å²) in [4.78, 5) is 0. The van der Waals surface area contributed by atoms with E-state index >= 15 is 0 Å². The largest absolute Gasteiger partial charge is 0.397 e. The third kappa shape index (κ3) is 6.14. The first kappa shape index (κ1) is 15.1. The van der Waals surface area contributed by atoms with Gasteiger partial charge in [-0.05, 0) is 12.0 Å². The first-order chi connectivity index (χ1) is 8.53. The average Bonchev–Trinajstić information content (AvgIpc) is 2.33. The number of benzene rings is 1. The Kier molecular flexibility index (Phi) is 6.32. The molecule has 0 saturated carbocycles. The van der Waals surface area contributed by atoms with Gasteiger partial charge in [-0.15, -0.1) is 0 Å². The molecule has 1 unspecified atom stereocenters. The Bertz CT molecular complexity index is 428. The molecule has 0 heterocycles. The van der Waals surface area contributed by atoms with E-state index < -0.39 is 10.4 Å². The summed E-state index contributed by atoms with van der Waals surface area (Å²) < 4.78 is 34.4. The van der Waals surface area contributed by atoms with Crippen LogP contribution in [0, 0.1) is 0 Å². The molecule has 1 aromatic rings. The molecule has 0 aliphatic carbocycles. The van der Waals surface area contributed by atoms with Gasteiger partial charge >= 0.3 is 10.4 Å². The summed E-state index contributed by atoms with van der Waals surface area (Å²) in [6.45, 7) is 2.11. The molecule has 0 amide bonds. The van der Waals surface area contributed by atoms with Gasteiger partial charge in [-0.25, -0.2) is 4.18 Å². The molecule has 0 aromatic heterocycles. The predicted octanol–water partition coefficient (Wildman–Crippen LogP) is 3.17. The van der Waals surface area contributed by atoms with Crippen molar-refractivity contribution in [2.24, 2.45) is 0 Å². The maximum atomic E-state index is 10.6. The number of hydrogen-bond donors (Lipinski definition) is 1. The maximum Gasteiger partial charge on any atom is 0.397 e. The lowest BCUT2D eigenvalue weighted by Crippen LogP contribution is -2.12. The van der Waals surface area contributed by atoms with Gasteiger partial charge in [0.05, 0.1) is 6.61 Å². The number of unbranched alkanes of at least 4 members (excludes halogenated alkanes) is 2. The minimum atomic E-state index is -4.36. The van der Waals surface area contributed by atoms with Crippen LogP contribution in [-0.4, -0.2) is 19.6 Å². The lowest BCUT2D eigenvalue weighted by atomic mass is 9.94. The Balaban J connectivity index is 2.63. The van der Waals surface area contributed by atoms with E-state index in [2.05, 4.69) is 11.1 Å². The average molecular weight is 272 g/mol. The van der Waals surface area contributed by atoms with Crippen molar-refractivity contribution in [1.29, 1.82) is 0 Å². The molecule has 0 spiro atoms. The van der Waals surface area contributed by atoms with Crippen LogP contribution in [0.1, 0.15) is 44.1 Å². The van der Waals surface area contributed by atoms with Crippen LogP contribution < -0.4 is 0 Å². The number of rotatable bonds is 8. The Hall–Kier alpha value is -0.910. The molecule has 1 atom stereocenters. The second-order valence-corrected chi connectivity index (χ2v) is 5.41. The molecule has 1 rings (SSSR count). The molecule has 0 saturated heterocycles. The number of hydrogen-bond acceptors (Lipinski definition) is 3. The van der Waals surface area contributed by atoms with E-state index in [0.29, 0.717) is 0 Å². The Morgan fingerprint density at radius 1 is 1.22 bits per heavy atom. The molecule has 1 N–H and O–H groups in total. The predicted molar refractivity (Wildman–Crippen MR) is 70.8 cm³/mol. The second kappa shape index (κ2) is 7.51.